The molecule has 0 saturated carbocycles. The Bertz CT molecular complexity index is 412. The molecule has 3 rings (SSSR count). The van der Waals surface area contributed by atoms with Crippen molar-refractivity contribution in [2.24, 2.45) is 11.8 Å². The van der Waals surface area contributed by atoms with E-state index in [1.165, 1.54) is 0 Å². The summed E-state index contributed by atoms with van der Waals surface area (Å²) in [5.74, 6) is 1.77. The van der Waals surface area contributed by atoms with E-state index in [1.807, 2.05) is 0 Å². The second kappa shape index (κ2) is 4.99. The molecule has 1 aromatic heterocycles. The van der Waals surface area contributed by atoms with E-state index in [-0.39, 0.29) is 5.91 Å². The standard InChI is InChI=1S/C12H17N5O/c18-11(16-12-14-2-1-3-15-12)8-17-6-9-4-13-5-10(9)7-17/h1-3,9-10,13H,4-8H2,(H,14,15,16,18). The number of fused-ring (bicyclic) bond motifs is 1. The van der Waals surface area contributed by atoms with E-state index in [0.29, 0.717) is 24.3 Å². The second-order valence-corrected chi connectivity index (χ2v) is 4.99. The van der Waals surface area contributed by atoms with Gasteiger partial charge >= 0.3 is 0 Å². The van der Waals surface area contributed by atoms with E-state index in [4.69, 9.17) is 0 Å². The van der Waals surface area contributed by atoms with Crippen molar-refractivity contribution in [3.8, 4) is 0 Å². The molecule has 1 aromatic rings. The van der Waals surface area contributed by atoms with Gasteiger partial charge in [0.2, 0.25) is 11.9 Å². The summed E-state index contributed by atoms with van der Waals surface area (Å²) in [6, 6.07) is 1.73. The SMILES string of the molecule is O=C(CN1CC2CNCC2C1)Nc1ncccn1. The fourth-order valence-corrected chi connectivity index (χ4v) is 2.81. The van der Waals surface area contributed by atoms with Gasteiger partial charge in [-0.1, -0.05) is 0 Å². The molecular weight excluding hydrogens is 230 g/mol. The van der Waals surface area contributed by atoms with Crippen LogP contribution in [0.2, 0.25) is 0 Å². The summed E-state index contributed by atoms with van der Waals surface area (Å²) in [7, 11) is 0. The van der Waals surface area contributed by atoms with Crippen molar-refractivity contribution in [1.29, 1.82) is 0 Å². The number of nitrogens with one attached hydrogen (secondary N) is 2. The van der Waals surface area contributed by atoms with E-state index < -0.39 is 0 Å². The van der Waals surface area contributed by atoms with E-state index in [0.717, 1.165) is 26.2 Å². The van der Waals surface area contributed by atoms with E-state index >= 15 is 0 Å². The lowest BCUT2D eigenvalue weighted by Gasteiger charge is -2.15. The smallest absolute Gasteiger partial charge is 0.240 e. The molecule has 3 heterocycles. The van der Waals surface area contributed by atoms with Gasteiger partial charge < -0.3 is 5.32 Å². The number of aromatic nitrogens is 2. The van der Waals surface area contributed by atoms with Crippen molar-refractivity contribution >= 4 is 11.9 Å². The average Bonchev–Trinajstić information content (AvgIpc) is 2.90. The predicted molar refractivity (Wildman–Crippen MR) is 67.0 cm³/mol. The number of carbonyl (C=O) groups is 1. The number of nitrogens with zero attached hydrogens (tertiary/aromatic N) is 3. The maximum absolute atomic E-state index is 11.8. The molecular formula is C12H17N5O. The van der Waals surface area contributed by atoms with Crippen LogP contribution < -0.4 is 10.6 Å². The van der Waals surface area contributed by atoms with Gasteiger partial charge in [0.25, 0.3) is 0 Å². The Labute approximate surface area is 106 Å². The van der Waals surface area contributed by atoms with Gasteiger partial charge in [0.15, 0.2) is 0 Å². The normalized spacial score (nSPS) is 27.1. The van der Waals surface area contributed by atoms with Crippen molar-refractivity contribution in [3.05, 3.63) is 18.5 Å². The van der Waals surface area contributed by atoms with E-state index in [2.05, 4.69) is 25.5 Å². The zero-order chi connectivity index (χ0) is 12.4. The molecule has 1 amide bonds. The van der Waals surface area contributed by atoms with Crippen LogP contribution in [-0.2, 0) is 4.79 Å². The van der Waals surface area contributed by atoms with Gasteiger partial charge in [0, 0.05) is 25.5 Å². The van der Waals surface area contributed by atoms with Crippen molar-refractivity contribution in [3.63, 3.8) is 0 Å². The lowest BCUT2D eigenvalue weighted by atomic mass is 10.0. The summed E-state index contributed by atoms with van der Waals surface area (Å²) in [6.07, 6.45) is 3.24. The van der Waals surface area contributed by atoms with E-state index in [9.17, 15) is 4.79 Å². The minimum atomic E-state index is -0.0332. The molecule has 96 valence electrons. The number of rotatable bonds is 3. The number of carbonyl (C=O) groups excluding carboxylic acids is 1. The van der Waals surface area contributed by atoms with Gasteiger partial charge in [0.1, 0.15) is 0 Å². The highest BCUT2D eigenvalue weighted by molar-refractivity contribution is 5.90. The van der Waals surface area contributed by atoms with Crippen LogP contribution in [0.3, 0.4) is 0 Å². The Hall–Kier alpha value is -1.53. The number of hydrogen-bond acceptors (Lipinski definition) is 5. The first kappa shape index (κ1) is 11.6. The van der Waals surface area contributed by atoms with Crippen molar-refractivity contribution in [2.45, 2.75) is 0 Å². The third kappa shape index (κ3) is 2.49. The molecule has 2 aliphatic rings. The van der Waals surface area contributed by atoms with Crippen LogP contribution in [0, 0.1) is 11.8 Å². The van der Waals surface area contributed by atoms with Crippen molar-refractivity contribution in [1.82, 2.24) is 20.2 Å². The third-order valence-electron chi connectivity index (χ3n) is 3.65. The summed E-state index contributed by atoms with van der Waals surface area (Å²) < 4.78 is 0. The van der Waals surface area contributed by atoms with Gasteiger partial charge in [-0.15, -0.1) is 0 Å². The third-order valence-corrected chi connectivity index (χ3v) is 3.65. The van der Waals surface area contributed by atoms with Gasteiger partial charge in [0.05, 0.1) is 6.54 Å². The first-order chi connectivity index (χ1) is 8.81. The zero-order valence-electron chi connectivity index (χ0n) is 10.2. The maximum atomic E-state index is 11.8. The molecule has 2 fully saturated rings. The molecule has 2 saturated heterocycles. The fourth-order valence-electron chi connectivity index (χ4n) is 2.81. The molecule has 0 aliphatic carbocycles. The Morgan fingerprint density at radius 2 is 2.00 bits per heavy atom. The van der Waals surface area contributed by atoms with Gasteiger partial charge in [-0.3, -0.25) is 15.0 Å². The molecule has 0 aromatic carbocycles. The number of likely N-dealkylation sites (tertiary alicyclic amines) is 1. The summed E-state index contributed by atoms with van der Waals surface area (Å²) >= 11 is 0. The monoisotopic (exact) mass is 247 g/mol. The van der Waals surface area contributed by atoms with Crippen LogP contribution in [-0.4, -0.2) is 53.5 Å². The zero-order valence-corrected chi connectivity index (χ0v) is 10.2. The predicted octanol–water partition coefficient (Wildman–Crippen LogP) is -0.434. The molecule has 6 nitrogen and oxygen atoms in total. The molecule has 2 atom stereocenters. The molecule has 2 N–H and O–H groups in total. The summed E-state index contributed by atoms with van der Waals surface area (Å²) in [6.45, 7) is 4.64. The summed E-state index contributed by atoms with van der Waals surface area (Å²) in [5, 5.41) is 6.11. The molecule has 0 spiro atoms. The first-order valence-corrected chi connectivity index (χ1v) is 6.31. The maximum Gasteiger partial charge on any atom is 0.240 e. The topological polar surface area (TPSA) is 70.2 Å². The molecule has 0 bridgehead atoms. The van der Waals surface area contributed by atoms with Crippen LogP contribution in [0.1, 0.15) is 0 Å². The van der Waals surface area contributed by atoms with Gasteiger partial charge in [-0.2, -0.15) is 0 Å². The van der Waals surface area contributed by atoms with Crippen molar-refractivity contribution in [2.75, 3.05) is 38.0 Å². The van der Waals surface area contributed by atoms with Gasteiger partial charge in [-0.05, 0) is 31.0 Å². The minimum Gasteiger partial charge on any atom is -0.316 e. The number of amides is 1. The lowest BCUT2D eigenvalue weighted by Crippen LogP contribution is -2.34. The number of hydrogen-bond donors (Lipinski definition) is 2. The molecule has 2 aliphatic heterocycles. The molecule has 2 unspecified atom stereocenters. The Kier molecular flexibility index (Phi) is 3.21. The molecule has 18 heavy (non-hydrogen) atoms. The molecule has 0 radical (unpaired) electrons. The van der Waals surface area contributed by atoms with Crippen LogP contribution in [0.5, 0.6) is 0 Å². The highest BCUT2D eigenvalue weighted by Gasteiger charge is 2.36. The first-order valence-electron chi connectivity index (χ1n) is 6.31. The Balaban J connectivity index is 1.50. The average molecular weight is 247 g/mol. The largest absolute Gasteiger partial charge is 0.316 e. The van der Waals surface area contributed by atoms with Crippen molar-refractivity contribution < 1.29 is 4.79 Å². The molecule has 6 heteroatoms. The lowest BCUT2D eigenvalue weighted by molar-refractivity contribution is -0.117. The van der Waals surface area contributed by atoms with Crippen LogP contribution in [0.25, 0.3) is 0 Å². The minimum absolute atomic E-state index is 0.0332. The summed E-state index contributed by atoms with van der Waals surface area (Å²) in [4.78, 5) is 22.0. The van der Waals surface area contributed by atoms with Crippen LogP contribution in [0.15, 0.2) is 18.5 Å². The second-order valence-electron chi connectivity index (χ2n) is 4.99. The highest BCUT2D eigenvalue weighted by Crippen LogP contribution is 2.25. The highest BCUT2D eigenvalue weighted by atomic mass is 16.2. The number of anilines is 1. The summed E-state index contributed by atoms with van der Waals surface area (Å²) in [5.41, 5.74) is 0. The Morgan fingerprint density at radius 1 is 1.33 bits per heavy atom. The fraction of sp³-hybridized carbons (Fsp3) is 0.583. The Morgan fingerprint density at radius 3 is 2.67 bits per heavy atom. The van der Waals surface area contributed by atoms with Crippen LogP contribution in [0.4, 0.5) is 5.95 Å². The van der Waals surface area contributed by atoms with Crippen LogP contribution >= 0.6 is 0 Å². The van der Waals surface area contributed by atoms with E-state index in [1.54, 1.807) is 18.5 Å². The quantitative estimate of drug-likeness (QED) is 0.758. The van der Waals surface area contributed by atoms with Gasteiger partial charge in [-0.25, -0.2) is 9.97 Å².